The van der Waals surface area contributed by atoms with Crippen molar-refractivity contribution in [1.29, 1.82) is 0 Å². The Balaban J connectivity index is 3.08. The third-order valence-electron chi connectivity index (χ3n) is 1.61. The minimum atomic E-state index is 0.0262. The van der Waals surface area contributed by atoms with E-state index in [-0.39, 0.29) is 5.24 Å². The molecule has 0 aliphatic rings. The lowest BCUT2D eigenvalue weighted by Crippen LogP contribution is -2.23. The van der Waals surface area contributed by atoms with E-state index in [2.05, 4.69) is 17.0 Å². The van der Waals surface area contributed by atoms with E-state index in [0.717, 1.165) is 31.5 Å². The van der Waals surface area contributed by atoms with Crippen molar-refractivity contribution in [3.8, 4) is 0 Å². The van der Waals surface area contributed by atoms with E-state index < -0.39 is 0 Å². The number of nitrogens with one attached hydrogen (secondary N) is 2. The van der Waals surface area contributed by atoms with Crippen molar-refractivity contribution >= 4 is 17.2 Å². The molecule has 0 heterocycles. The number of carbonyl (C=O) groups is 1. The van der Waals surface area contributed by atoms with E-state index in [0.29, 0.717) is 0 Å². The standard InChI is InChI=1S/C9H20N2OS/c1-3-5-6-7-8-10-9(12)13-11-4-2/h11H,3-8H2,1-2H3,(H,10,12). The predicted molar refractivity (Wildman–Crippen MR) is 58.8 cm³/mol. The highest BCUT2D eigenvalue weighted by Crippen LogP contribution is 1.98. The van der Waals surface area contributed by atoms with Crippen LogP contribution in [0.3, 0.4) is 0 Å². The topological polar surface area (TPSA) is 41.1 Å². The fourth-order valence-corrected chi connectivity index (χ4v) is 1.37. The normalized spacial score (nSPS) is 10.0. The van der Waals surface area contributed by atoms with Crippen LogP contribution in [-0.2, 0) is 0 Å². The first kappa shape index (κ1) is 12.8. The van der Waals surface area contributed by atoms with E-state index in [1.807, 2.05) is 6.92 Å². The zero-order valence-corrected chi connectivity index (χ0v) is 9.38. The first-order chi connectivity index (χ1) is 6.31. The lowest BCUT2D eigenvalue weighted by atomic mass is 10.2. The van der Waals surface area contributed by atoms with Crippen molar-refractivity contribution in [2.24, 2.45) is 0 Å². The number of hydrogen-bond acceptors (Lipinski definition) is 3. The average molecular weight is 204 g/mol. The maximum atomic E-state index is 11.0. The Morgan fingerprint density at radius 3 is 2.62 bits per heavy atom. The summed E-state index contributed by atoms with van der Waals surface area (Å²) in [5, 5.41) is 2.86. The van der Waals surface area contributed by atoms with Gasteiger partial charge in [0.25, 0.3) is 5.24 Å². The van der Waals surface area contributed by atoms with Crippen molar-refractivity contribution in [2.75, 3.05) is 13.1 Å². The molecule has 0 spiro atoms. The minimum Gasteiger partial charge on any atom is -0.346 e. The second-order valence-corrected chi connectivity index (χ2v) is 3.74. The largest absolute Gasteiger partial charge is 0.346 e. The third-order valence-corrected chi connectivity index (χ3v) is 2.37. The van der Waals surface area contributed by atoms with Gasteiger partial charge in [0, 0.05) is 25.0 Å². The van der Waals surface area contributed by atoms with Crippen molar-refractivity contribution in [3.63, 3.8) is 0 Å². The highest BCUT2D eigenvalue weighted by Gasteiger charge is 1.98. The molecule has 0 aromatic heterocycles. The van der Waals surface area contributed by atoms with Crippen molar-refractivity contribution in [2.45, 2.75) is 39.5 Å². The van der Waals surface area contributed by atoms with Gasteiger partial charge in [0.15, 0.2) is 0 Å². The molecule has 78 valence electrons. The van der Waals surface area contributed by atoms with E-state index in [1.54, 1.807) is 0 Å². The van der Waals surface area contributed by atoms with E-state index >= 15 is 0 Å². The van der Waals surface area contributed by atoms with Gasteiger partial charge in [-0.2, -0.15) is 0 Å². The zero-order chi connectivity index (χ0) is 9.94. The maximum absolute atomic E-state index is 11.0. The molecule has 0 aliphatic carbocycles. The summed E-state index contributed by atoms with van der Waals surface area (Å²) in [4.78, 5) is 11.0. The van der Waals surface area contributed by atoms with E-state index in [4.69, 9.17) is 0 Å². The van der Waals surface area contributed by atoms with E-state index in [9.17, 15) is 4.79 Å². The van der Waals surface area contributed by atoms with Crippen molar-refractivity contribution < 1.29 is 4.79 Å². The van der Waals surface area contributed by atoms with Crippen LogP contribution >= 0.6 is 11.9 Å². The zero-order valence-electron chi connectivity index (χ0n) is 8.56. The number of unbranched alkanes of at least 4 members (excludes halogenated alkanes) is 3. The van der Waals surface area contributed by atoms with Gasteiger partial charge >= 0.3 is 0 Å². The Morgan fingerprint density at radius 2 is 2.00 bits per heavy atom. The first-order valence-electron chi connectivity index (χ1n) is 4.98. The van der Waals surface area contributed by atoms with Crippen LogP contribution in [0, 0.1) is 0 Å². The molecular formula is C9H20N2OS. The summed E-state index contributed by atoms with van der Waals surface area (Å²) in [6, 6.07) is 0. The van der Waals surface area contributed by atoms with Gasteiger partial charge in [-0.3, -0.25) is 9.52 Å². The molecule has 0 atom stereocenters. The molecule has 2 N–H and O–H groups in total. The Morgan fingerprint density at radius 1 is 1.23 bits per heavy atom. The molecule has 0 saturated heterocycles. The lowest BCUT2D eigenvalue weighted by molar-refractivity contribution is 0.260. The molecule has 13 heavy (non-hydrogen) atoms. The average Bonchev–Trinajstić information content (AvgIpc) is 2.14. The molecule has 0 rings (SSSR count). The van der Waals surface area contributed by atoms with Crippen LogP contribution in [0.15, 0.2) is 0 Å². The minimum absolute atomic E-state index is 0.0262. The van der Waals surface area contributed by atoms with Gasteiger partial charge in [0.1, 0.15) is 0 Å². The molecule has 3 nitrogen and oxygen atoms in total. The van der Waals surface area contributed by atoms with Gasteiger partial charge in [-0.15, -0.1) is 0 Å². The summed E-state index contributed by atoms with van der Waals surface area (Å²) in [7, 11) is 0. The monoisotopic (exact) mass is 204 g/mol. The number of amides is 1. The van der Waals surface area contributed by atoms with Crippen LogP contribution in [0.1, 0.15) is 39.5 Å². The van der Waals surface area contributed by atoms with Crippen molar-refractivity contribution in [3.05, 3.63) is 0 Å². The highest BCUT2D eigenvalue weighted by atomic mass is 32.2. The number of hydrogen-bond donors (Lipinski definition) is 2. The fourth-order valence-electron chi connectivity index (χ4n) is 0.916. The second kappa shape index (κ2) is 9.86. The molecular weight excluding hydrogens is 184 g/mol. The summed E-state index contributed by atoms with van der Waals surface area (Å²) in [5.41, 5.74) is 0. The molecule has 0 aromatic rings. The van der Waals surface area contributed by atoms with Gasteiger partial charge in [-0.05, 0) is 6.42 Å². The Bertz CT molecular complexity index is 131. The second-order valence-electron chi connectivity index (χ2n) is 2.87. The molecule has 0 aliphatic heterocycles. The van der Waals surface area contributed by atoms with Gasteiger partial charge < -0.3 is 5.32 Å². The number of rotatable bonds is 7. The smallest absolute Gasteiger partial charge is 0.294 e. The molecule has 4 heteroatoms. The van der Waals surface area contributed by atoms with Gasteiger partial charge in [-0.1, -0.05) is 33.1 Å². The van der Waals surface area contributed by atoms with E-state index in [1.165, 1.54) is 19.3 Å². The Hall–Kier alpha value is -0.220. The number of carbonyl (C=O) groups excluding carboxylic acids is 1. The van der Waals surface area contributed by atoms with Gasteiger partial charge in [-0.25, -0.2) is 0 Å². The maximum Gasteiger partial charge on any atom is 0.294 e. The lowest BCUT2D eigenvalue weighted by Gasteiger charge is -2.03. The summed E-state index contributed by atoms with van der Waals surface area (Å²) >= 11 is 1.14. The van der Waals surface area contributed by atoms with Crippen LogP contribution < -0.4 is 10.0 Å². The predicted octanol–water partition coefficient (Wildman–Crippen LogP) is 2.53. The Labute approximate surface area is 85.2 Å². The molecule has 0 fully saturated rings. The van der Waals surface area contributed by atoms with Gasteiger partial charge in [0.05, 0.1) is 0 Å². The quantitative estimate of drug-likeness (QED) is 0.494. The first-order valence-corrected chi connectivity index (χ1v) is 5.80. The summed E-state index contributed by atoms with van der Waals surface area (Å²) in [6.07, 6.45) is 4.80. The highest BCUT2D eigenvalue weighted by molar-refractivity contribution is 8.11. The summed E-state index contributed by atoms with van der Waals surface area (Å²) < 4.78 is 2.90. The van der Waals surface area contributed by atoms with Gasteiger partial charge in [0.2, 0.25) is 0 Å². The fraction of sp³-hybridized carbons (Fsp3) is 0.889. The summed E-state index contributed by atoms with van der Waals surface area (Å²) in [5.74, 6) is 0. The SMILES string of the molecule is CCCCCCNC(=O)SNCC. The molecule has 0 saturated carbocycles. The van der Waals surface area contributed by atoms with Crippen LogP contribution in [-0.4, -0.2) is 18.3 Å². The summed E-state index contributed by atoms with van der Waals surface area (Å²) in [6.45, 7) is 5.77. The molecule has 0 aromatic carbocycles. The third kappa shape index (κ3) is 9.70. The van der Waals surface area contributed by atoms with Crippen LogP contribution in [0.4, 0.5) is 4.79 Å². The van der Waals surface area contributed by atoms with Crippen LogP contribution in [0.2, 0.25) is 0 Å². The Kier molecular flexibility index (Phi) is 9.70. The van der Waals surface area contributed by atoms with Crippen LogP contribution in [0.25, 0.3) is 0 Å². The molecule has 0 unspecified atom stereocenters. The molecule has 1 amide bonds. The van der Waals surface area contributed by atoms with Crippen molar-refractivity contribution in [1.82, 2.24) is 10.0 Å². The molecule has 0 bridgehead atoms. The van der Waals surface area contributed by atoms with Crippen LogP contribution in [0.5, 0.6) is 0 Å². The molecule has 0 radical (unpaired) electrons.